The lowest BCUT2D eigenvalue weighted by atomic mass is 10.1. The first-order valence-electron chi connectivity index (χ1n) is 8.96. The molecule has 3 unspecified atom stereocenters. The van der Waals surface area contributed by atoms with E-state index in [1.165, 1.54) is 12.8 Å². The van der Waals surface area contributed by atoms with Gasteiger partial charge in [-0.05, 0) is 39.0 Å². The van der Waals surface area contributed by atoms with E-state index in [0.29, 0.717) is 18.5 Å². The largest absolute Gasteiger partial charge is 0.353 e. The lowest BCUT2D eigenvalue weighted by molar-refractivity contribution is -0.132. The molecule has 3 rings (SSSR count). The zero-order valence-corrected chi connectivity index (χ0v) is 14.9. The minimum atomic E-state index is -0.0611. The van der Waals surface area contributed by atoms with Crippen LogP contribution in [0.25, 0.3) is 0 Å². The smallest absolute Gasteiger partial charge is 0.224 e. The number of fused-ring (bicyclic) bond motifs is 2. The molecule has 5 nitrogen and oxygen atoms in total. The van der Waals surface area contributed by atoms with E-state index in [1.807, 2.05) is 11.8 Å². The van der Waals surface area contributed by atoms with Crippen LogP contribution in [0.3, 0.4) is 0 Å². The van der Waals surface area contributed by atoms with Gasteiger partial charge in [-0.15, -0.1) is 12.4 Å². The molecule has 0 spiro atoms. The third-order valence-electron chi connectivity index (χ3n) is 5.47. The van der Waals surface area contributed by atoms with E-state index in [2.05, 4.69) is 10.6 Å². The minimum Gasteiger partial charge on any atom is -0.353 e. The number of nitrogens with one attached hydrogen (secondary N) is 2. The summed E-state index contributed by atoms with van der Waals surface area (Å²) in [6.07, 6.45) is 8.26. The van der Waals surface area contributed by atoms with E-state index in [0.717, 1.165) is 45.2 Å². The van der Waals surface area contributed by atoms with E-state index in [9.17, 15) is 9.59 Å². The first-order valence-corrected chi connectivity index (χ1v) is 8.96. The van der Waals surface area contributed by atoms with Gasteiger partial charge in [-0.3, -0.25) is 9.59 Å². The van der Waals surface area contributed by atoms with Crippen LogP contribution in [0.4, 0.5) is 0 Å². The Morgan fingerprint density at radius 2 is 1.83 bits per heavy atom. The van der Waals surface area contributed by atoms with Crippen molar-refractivity contribution in [2.75, 3.05) is 13.1 Å². The molecule has 1 saturated carbocycles. The summed E-state index contributed by atoms with van der Waals surface area (Å²) in [5.41, 5.74) is 0. The topological polar surface area (TPSA) is 61.4 Å². The molecule has 2 amide bonds. The summed E-state index contributed by atoms with van der Waals surface area (Å²) >= 11 is 0. The second-order valence-corrected chi connectivity index (χ2v) is 7.36. The van der Waals surface area contributed by atoms with Gasteiger partial charge in [0.25, 0.3) is 0 Å². The van der Waals surface area contributed by atoms with Gasteiger partial charge in [0, 0.05) is 43.6 Å². The van der Waals surface area contributed by atoms with Gasteiger partial charge in [-0.1, -0.05) is 12.8 Å². The lowest BCUT2D eigenvalue weighted by Crippen LogP contribution is -2.43. The molecule has 2 aliphatic heterocycles. The number of hydrogen-bond acceptors (Lipinski definition) is 3. The highest BCUT2D eigenvalue weighted by atomic mass is 35.5. The monoisotopic (exact) mass is 343 g/mol. The number of halogens is 1. The average molecular weight is 344 g/mol. The number of carbonyl (C=O) groups excluding carboxylic acids is 2. The molecular formula is C17H30ClN3O2. The second-order valence-electron chi connectivity index (χ2n) is 7.36. The molecule has 2 bridgehead atoms. The molecule has 132 valence electrons. The Bertz CT molecular complexity index is 426. The molecule has 6 heteroatoms. The number of hydrogen-bond donors (Lipinski definition) is 2. The van der Waals surface area contributed by atoms with Gasteiger partial charge in [0.15, 0.2) is 0 Å². The van der Waals surface area contributed by atoms with E-state index in [1.54, 1.807) is 0 Å². The highest BCUT2D eigenvalue weighted by Gasteiger charge is 2.31. The molecule has 0 aromatic heterocycles. The summed E-state index contributed by atoms with van der Waals surface area (Å²) in [5.74, 6) is 0.513. The molecule has 1 aliphatic carbocycles. The average Bonchev–Trinajstić information content (AvgIpc) is 3.08. The summed E-state index contributed by atoms with van der Waals surface area (Å²) in [7, 11) is 0. The lowest BCUT2D eigenvalue weighted by Gasteiger charge is -2.26. The normalized spacial score (nSPS) is 28.8. The van der Waals surface area contributed by atoms with Gasteiger partial charge in [-0.2, -0.15) is 0 Å². The Kier molecular flexibility index (Phi) is 6.72. The Hall–Kier alpha value is -0.810. The third-order valence-corrected chi connectivity index (χ3v) is 5.47. The van der Waals surface area contributed by atoms with Crippen molar-refractivity contribution in [1.82, 2.24) is 15.5 Å². The summed E-state index contributed by atoms with van der Waals surface area (Å²) in [4.78, 5) is 26.6. The molecule has 2 N–H and O–H groups in total. The number of nitrogens with zero attached hydrogens (tertiary/aromatic N) is 1. The predicted molar refractivity (Wildman–Crippen MR) is 92.6 cm³/mol. The van der Waals surface area contributed by atoms with E-state index >= 15 is 0 Å². The third kappa shape index (κ3) is 4.83. The quantitative estimate of drug-likeness (QED) is 0.819. The van der Waals surface area contributed by atoms with E-state index < -0.39 is 0 Å². The van der Waals surface area contributed by atoms with Crippen LogP contribution in [-0.4, -0.2) is 47.9 Å². The van der Waals surface area contributed by atoms with Crippen LogP contribution in [0.1, 0.15) is 58.3 Å². The molecule has 0 aromatic rings. The van der Waals surface area contributed by atoms with Crippen LogP contribution < -0.4 is 10.6 Å². The number of likely N-dealkylation sites (tertiary alicyclic amines) is 1. The van der Waals surface area contributed by atoms with E-state index in [4.69, 9.17) is 0 Å². The van der Waals surface area contributed by atoms with Crippen molar-refractivity contribution in [2.24, 2.45) is 5.92 Å². The zero-order chi connectivity index (χ0) is 15.5. The standard InChI is InChI=1S/C17H29N3O2.ClH/c1-12(18-17(22)13-4-2-3-5-13)10-16(21)20-9-8-14-6-7-15(11-20)19-14;/h12-15,19H,2-11H2,1H3,(H,18,22);1H. The zero-order valence-electron chi connectivity index (χ0n) is 14.1. The molecule has 23 heavy (non-hydrogen) atoms. The first-order chi connectivity index (χ1) is 10.6. The van der Waals surface area contributed by atoms with Crippen molar-refractivity contribution >= 4 is 24.2 Å². The summed E-state index contributed by atoms with van der Waals surface area (Å²) < 4.78 is 0. The van der Waals surface area contributed by atoms with Gasteiger partial charge in [0.05, 0.1) is 0 Å². The van der Waals surface area contributed by atoms with Crippen LogP contribution in [-0.2, 0) is 9.59 Å². The van der Waals surface area contributed by atoms with Crippen LogP contribution in [0.5, 0.6) is 0 Å². The fourth-order valence-corrected chi connectivity index (χ4v) is 4.16. The summed E-state index contributed by atoms with van der Waals surface area (Å²) in [6.45, 7) is 3.64. The van der Waals surface area contributed by atoms with Crippen molar-refractivity contribution in [2.45, 2.75) is 76.4 Å². The van der Waals surface area contributed by atoms with Crippen molar-refractivity contribution in [3.63, 3.8) is 0 Å². The molecule has 0 aromatic carbocycles. The summed E-state index contributed by atoms with van der Waals surface area (Å²) in [5, 5.41) is 6.64. The van der Waals surface area contributed by atoms with Gasteiger partial charge in [0.1, 0.15) is 0 Å². The number of amides is 2. The van der Waals surface area contributed by atoms with Gasteiger partial charge < -0.3 is 15.5 Å². The molecule has 2 heterocycles. The first kappa shape index (κ1) is 18.5. The number of carbonyl (C=O) groups is 2. The molecule has 2 saturated heterocycles. The molecular weight excluding hydrogens is 314 g/mol. The summed E-state index contributed by atoms with van der Waals surface area (Å²) in [6, 6.07) is 1.01. The maximum absolute atomic E-state index is 12.5. The van der Waals surface area contributed by atoms with Crippen molar-refractivity contribution in [3.8, 4) is 0 Å². The Balaban J connectivity index is 0.00000192. The Morgan fingerprint density at radius 1 is 1.13 bits per heavy atom. The van der Waals surface area contributed by atoms with Crippen LogP contribution in [0.15, 0.2) is 0 Å². The van der Waals surface area contributed by atoms with Gasteiger partial charge >= 0.3 is 0 Å². The Morgan fingerprint density at radius 3 is 2.57 bits per heavy atom. The highest BCUT2D eigenvalue weighted by Crippen LogP contribution is 2.25. The maximum atomic E-state index is 12.5. The fourth-order valence-electron chi connectivity index (χ4n) is 4.16. The van der Waals surface area contributed by atoms with Gasteiger partial charge in [0.2, 0.25) is 11.8 Å². The highest BCUT2D eigenvalue weighted by molar-refractivity contribution is 5.85. The molecule has 3 fully saturated rings. The fraction of sp³-hybridized carbons (Fsp3) is 0.882. The van der Waals surface area contributed by atoms with Crippen LogP contribution >= 0.6 is 12.4 Å². The molecule has 3 atom stereocenters. The maximum Gasteiger partial charge on any atom is 0.224 e. The van der Waals surface area contributed by atoms with Crippen molar-refractivity contribution in [3.05, 3.63) is 0 Å². The van der Waals surface area contributed by atoms with E-state index in [-0.39, 0.29) is 36.2 Å². The second kappa shape index (κ2) is 8.34. The Labute approximate surface area is 145 Å². The van der Waals surface area contributed by atoms with Crippen molar-refractivity contribution < 1.29 is 9.59 Å². The SMILES string of the molecule is CC(CC(=O)N1CCC2CCC(C1)N2)NC(=O)C1CCCC1.Cl. The molecule has 3 aliphatic rings. The predicted octanol–water partition coefficient (Wildman–Crippen LogP) is 1.85. The van der Waals surface area contributed by atoms with Crippen LogP contribution in [0.2, 0.25) is 0 Å². The number of rotatable bonds is 4. The van der Waals surface area contributed by atoms with Crippen LogP contribution in [0, 0.1) is 5.92 Å². The van der Waals surface area contributed by atoms with Crippen molar-refractivity contribution in [1.29, 1.82) is 0 Å². The molecule has 0 radical (unpaired) electrons. The minimum absolute atomic E-state index is 0. The van der Waals surface area contributed by atoms with Gasteiger partial charge in [-0.25, -0.2) is 0 Å².